The summed E-state index contributed by atoms with van der Waals surface area (Å²) in [7, 11) is -5.63. The van der Waals surface area contributed by atoms with Crippen molar-refractivity contribution in [1.82, 2.24) is 19.5 Å². The lowest BCUT2D eigenvalue weighted by atomic mass is 10.3. The molecule has 0 fully saturated rings. The first-order valence-electron chi connectivity index (χ1n) is 9.16. The number of pyridine rings is 2. The van der Waals surface area contributed by atoms with Crippen molar-refractivity contribution in [2.45, 2.75) is 18.0 Å². The van der Waals surface area contributed by atoms with Gasteiger partial charge >= 0.3 is 6.18 Å². The number of rotatable bonds is 7. The van der Waals surface area contributed by atoms with Crippen LogP contribution in [0.15, 0.2) is 29.4 Å². The lowest BCUT2D eigenvalue weighted by Gasteiger charge is -2.12. The molecule has 0 N–H and O–H groups in total. The van der Waals surface area contributed by atoms with E-state index in [1.54, 1.807) is 0 Å². The van der Waals surface area contributed by atoms with Crippen molar-refractivity contribution in [1.29, 1.82) is 0 Å². The van der Waals surface area contributed by atoms with Crippen molar-refractivity contribution < 1.29 is 34.7 Å². The molecule has 9 nitrogen and oxygen atoms in total. The highest BCUT2D eigenvalue weighted by Gasteiger charge is 2.33. The van der Waals surface area contributed by atoms with Crippen LogP contribution >= 0.6 is 0 Å². The van der Waals surface area contributed by atoms with E-state index in [1.165, 1.54) is 30.8 Å². The maximum absolute atomic E-state index is 13.0. The summed E-state index contributed by atoms with van der Waals surface area (Å²) in [6, 6.07) is 1.97. The van der Waals surface area contributed by atoms with Crippen molar-refractivity contribution in [2.75, 3.05) is 24.4 Å². The van der Waals surface area contributed by atoms with E-state index in [-0.39, 0.29) is 51.3 Å². The Kier molecular flexibility index (Phi) is 6.21. The molecule has 3 heterocycles. The number of hydrogen-bond donors (Lipinski definition) is 0. The van der Waals surface area contributed by atoms with Crippen LogP contribution in [0.1, 0.15) is 12.6 Å². The van der Waals surface area contributed by atoms with Gasteiger partial charge in [0.1, 0.15) is 28.6 Å². The molecule has 0 radical (unpaired) electrons. The Bertz CT molecular complexity index is 1380. The third-order valence-electron chi connectivity index (χ3n) is 4.54. The van der Waals surface area contributed by atoms with Crippen molar-refractivity contribution >= 4 is 30.7 Å². The number of ether oxygens (including phenoxy) is 1. The zero-order chi connectivity index (χ0) is 23.9. The van der Waals surface area contributed by atoms with Crippen LogP contribution < -0.4 is 4.74 Å². The average Bonchev–Trinajstić information content (AvgIpc) is 3.02. The number of aryl methyl sites for hydroxylation is 1. The van der Waals surface area contributed by atoms with Crippen LogP contribution in [0.5, 0.6) is 5.75 Å². The summed E-state index contributed by atoms with van der Waals surface area (Å²) in [5, 5.41) is 0. The van der Waals surface area contributed by atoms with E-state index in [0.717, 1.165) is 18.5 Å². The zero-order valence-corrected chi connectivity index (χ0v) is 18.8. The lowest BCUT2D eigenvalue weighted by Crippen LogP contribution is -2.13. The highest BCUT2D eigenvalue weighted by molar-refractivity contribution is 7.91. The summed E-state index contributed by atoms with van der Waals surface area (Å²) in [5.41, 5.74) is -0.976. The number of hydrogen-bond acceptors (Lipinski definition) is 8. The molecule has 0 aliphatic heterocycles. The third-order valence-corrected chi connectivity index (χ3v) is 7.18. The van der Waals surface area contributed by atoms with E-state index >= 15 is 0 Å². The van der Waals surface area contributed by atoms with Crippen molar-refractivity contribution in [3.05, 3.63) is 30.2 Å². The topological polar surface area (TPSA) is 121 Å². The van der Waals surface area contributed by atoms with Gasteiger partial charge in [-0.15, -0.1) is 0 Å². The van der Waals surface area contributed by atoms with Crippen LogP contribution in [0.4, 0.5) is 13.2 Å². The van der Waals surface area contributed by atoms with E-state index in [2.05, 4.69) is 15.0 Å². The molecule has 0 aromatic carbocycles. The molecule has 0 aliphatic rings. The Morgan fingerprint density at radius 2 is 1.78 bits per heavy atom. The number of fused-ring (bicyclic) bond motifs is 1. The Balaban J connectivity index is 2.12. The third kappa shape index (κ3) is 5.01. The Morgan fingerprint density at radius 3 is 2.38 bits per heavy atom. The van der Waals surface area contributed by atoms with Gasteiger partial charge in [0.15, 0.2) is 25.5 Å². The molecule has 0 bridgehead atoms. The fraction of sp³-hybridized carbons (Fsp3) is 0.389. The van der Waals surface area contributed by atoms with Gasteiger partial charge in [0.25, 0.3) is 0 Å². The van der Waals surface area contributed by atoms with Gasteiger partial charge in [0.05, 0.1) is 34.9 Å². The molecular weight excluding hydrogens is 473 g/mol. The van der Waals surface area contributed by atoms with Gasteiger partial charge in [-0.1, -0.05) is 6.92 Å². The summed E-state index contributed by atoms with van der Waals surface area (Å²) >= 11 is 0. The SMILES string of the molecule is CCS(=O)(=O)c1cc(OCCS(C)(=O)=O)cnc1-c1nc2cc(C(F)(F)F)ncc2n1C. The van der Waals surface area contributed by atoms with Gasteiger partial charge < -0.3 is 9.30 Å². The molecule has 0 aliphatic carbocycles. The molecule has 174 valence electrons. The van der Waals surface area contributed by atoms with Crippen LogP contribution in [0, 0.1) is 0 Å². The summed E-state index contributed by atoms with van der Waals surface area (Å²) in [5.74, 6) is -0.498. The average molecular weight is 493 g/mol. The van der Waals surface area contributed by atoms with Crippen LogP contribution in [-0.2, 0) is 32.9 Å². The Labute approximate surface area is 182 Å². The minimum Gasteiger partial charge on any atom is -0.491 e. The first kappa shape index (κ1) is 23.9. The Hall–Kier alpha value is -2.74. The molecular formula is C18H19F3N4O5S2. The molecule has 0 saturated heterocycles. The minimum absolute atomic E-state index is 0.0239. The fourth-order valence-electron chi connectivity index (χ4n) is 2.83. The molecule has 0 unspecified atom stereocenters. The van der Waals surface area contributed by atoms with E-state index in [0.29, 0.717) is 0 Å². The first-order valence-corrected chi connectivity index (χ1v) is 12.9. The number of aromatic nitrogens is 4. The quantitative estimate of drug-likeness (QED) is 0.493. The maximum Gasteiger partial charge on any atom is 0.433 e. The maximum atomic E-state index is 13.0. The molecule has 3 aromatic heterocycles. The highest BCUT2D eigenvalue weighted by Crippen LogP contribution is 2.33. The summed E-state index contributed by atoms with van der Waals surface area (Å²) < 4.78 is 93.6. The first-order chi connectivity index (χ1) is 14.7. The number of imidazole rings is 1. The lowest BCUT2D eigenvalue weighted by molar-refractivity contribution is -0.141. The van der Waals surface area contributed by atoms with Crippen LogP contribution in [-0.4, -0.2) is 60.7 Å². The molecule has 0 atom stereocenters. The molecule has 0 saturated carbocycles. The van der Waals surface area contributed by atoms with Crippen molar-refractivity contribution in [2.24, 2.45) is 7.05 Å². The normalized spacial score (nSPS) is 12.9. The van der Waals surface area contributed by atoms with Gasteiger partial charge in [-0.3, -0.25) is 0 Å². The van der Waals surface area contributed by atoms with Gasteiger partial charge in [-0.2, -0.15) is 13.2 Å². The standard InChI is InChI=1S/C18H19F3N4O5S2/c1-4-32(28,29)14-7-11(30-5-6-31(3,26)27)9-23-16(14)17-24-12-8-15(18(19,20)21)22-10-13(12)25(17)2/h7-10H,4-6H2,1-3H3. The van der Waals surface area contributed by atoms with Crippen molar-refractivity contribution in [3.63, 3.8) is 0 Å². The molecule has 0 amide bonds. The van der Waals surface area contributed by atoms with Gasteiger partial charge in [0, 0.05) is 19.4 Å². The van der Waals surface area contributed by atoms with Crippen LogP contribution in [0.2, 0.25) is 0 Å². The fourth-order valence-corrected chi connectivity index (χ4v) is 4.26. The molecule has 3 aromatic rings. The van der Waals surface area contributed by atoms with E-state index in [9.17, 15) is 30.0 Å². The second kappa shape index (κ2) is 8.31. The van der Waals surface area contributed by atoms with Gasteiger partial charge in [-0.05, 0) is 6.07 Å². The largest absolute Gasteiger partial charge is 0.491 e. The molecule has 14 heteroatoms. The smallest absolute Gasteiger partial charge is 0.433 e. The molecule has 0 spiro atoms. The number of halogens is 3. The summed E-state index contributed by atoms with van der Waals surface area (Å²) in [6.07, 6.45) is -1.42. The minimum atomic E-state index is -4.66. The summed E-state index contributed by atoms with van der Waals surface area (Å²) in [4.78, 5) is 11.5. The van der Waals surface area contributed by atoms with Gasteiger partial charge in [-0.25, -0.2) is 31.8 Å². The number of alkyl halides is 3. The van der Waals surface area contributed by atoms with Crippen LogP contribution in [0.25, 0.3) is 22.6 Å². The molecule has 32 heavy (non-hydrogen) atoms. The van der Waals surface area contributed by atoms with Crippen molar-refractivity contribution in [3.8, 4) is 17.3 Å². The predicted molar refractivity (Wildman–Crippen MR) is 110 cm³/mol. The van der Waals surface area contributed by atoms with E-state index < -0.39 is 31.5 Å². The highest BCUT2D eigenvalue weighted by atomic mass is 32.2. The molecule has 3 rings (SSSR count). The van der Waals surface area contributed by atoms with Gasteiger partial charge in [0.2, 0.25) is 0 Å². The second-order valence-electron chi connectivity index (χ2n) is 6.95. The number of sulfone groups is 2. The Morgan fingerprint density at radius 1 is 1.09 bits per heavy atom. The zero-order valence-electron chi connectivity index (χ0n) is 17.2. The van der Waals surface area contributed by atoms with Crippen LogP contribution in [0.3, 0.4) is 0 Å². The predicted octanol–water partition coefficient (Wildman–Crippen LogP) is 2.27. The van der Waals surface area contributed by atoms with E-state index in [4.69, 9.17) is 4.74 Å². The number of nitrogens with zero attached hydrogens (tertiary/aromatic N) is 4. The van der Waals surface area contributed by atoms with E-state index in [1.807, 2.05) is 0 Å². The second-order valence-corrected chi connectivity index (χ2v) is 11.5. The summed E-state index contributed by atoms with van der Waals surface area (Å²) in [6.45, 7) is 1.22. The monoisotopic (exact) mass is 492 g/mol.